The molecule has 324 valence electrons. The molecule has 6 atom stereocenters. The van der Waals surface area contributed by atoms with Gasteiger partial charge in [-0.3, -0.25) is 14.9 Å². The van der Waals surface area contributed by atoms with E-state index in [-0.39, 0.29) is 56.2 Å². The smallest absolute Gasteiger partial charge is 0.269 e. The monoisotopic (exact) mass is 837 g/mol. The molecule has 3 aliphatic rings. The van der Waals surface area contributed by atoms with Crippen LogP contribution < -0.4 is 9.47 Å². The molecule has 1 saturated carbocycles. The standard InChI is InChI=1S/C48H56FN3O9/c1-4-27-58-38-22-23-43-41(30-38)46-39(12-8-10-26-54)35(11-7-9-25-53)29-40-42(50-60-6-3)31-44(48(61-43,47(40)46)59-28-5-2)51(32-34-13-18-36(49)19-14-34)45(55)24-17-33-15-20-37(21-16-33)52(56)57/h4-5,13-24,29-30,35,39,44,46-47,53-54H,1-2,6-12,25-28,31-32H2,3H3. The largest absolute Gasteiger partial charge is 0.490 e. The summed E-state index contributed by atoms with van der Waals surface area (Å²) >= 11 is 0. The van der Waals surface area contributed by atoms with E-state index in [0.29, 0.717) is 54.4 Å². The number of nitrogens with zero attached hydrogens (tertiary/aromatic N) is 3. The third-order valence-electron chi connectivity index (χ3n) is 11.8. The van der Waals surface area contributed by atoms with E-state index in [0.717, 1.165) is 36.8 Å². The number of hydrogen-bond donors (Lipinski definition) is 2. The Kier molecular flexibility index (Phi) is 15.6. The molecule has 1 fully saturated rings. The zero-order chi connectivity index (χ0) is 43.4. The Hall–Kier alpha value is -5.63. The van der Waals surface area contributed by atoms with E-state index in [4.69, 9.17) is 24.2 Å². The van der Waals surface area contributed by atoms with E-state index < -0.39 is 34.4 Å². The lowest BCUT2D eigenvalue weighted by atomic mass is 9.55. The Bertz CT molecular complexity index is 2090. The van der Waals surface area contributed by atoms with Crippen LogP contribution in [0, 0.1) is 33.7 Å². The number of aliphatic hydroxyl groups excluding tert-OH is 2. The number of halogens is 1. The number of carbonyl (C=O) groups excluding carboxylic acids is 1. The van der Waals surface area contributed by atoms with Crippen LogP contribution in [0.5, 0.6) is 11.5 Å². The second-order valence-electron chi connectivity index (χ2n) is 15.6. The summed E-state index contributed by atoms with van der Waals surface area (Å²) in [4.78, 5) is 33.3. The van der Waals surface area contributed by atoms with Crippen molar-refractivity contribution in [3.8, 4) is 11.5 Å². The molecule has 61 heavy (non-hydrogen) atoms. The summed E-state index contributed by atoms with van der Waals surface area (Å²) in [5.41, 5.74) is 3.62. The average Bonchev–Trinajstić information content (AvgIpc) is 3.27. The molecule has 3 aromatic carbocycles. The summed E-state index contributed by atoms with van der Waals surface area (Å²) in [7, 11) is 0. The molecule has 3 aromatic rings. The highest BCUT2D eigenvalue weighted by atomic mass is 19.1. The summed E-state index contributed by atoms with van der Waals surface area (Å²) in [6, 6.07) is 16.8. The van der Waals surface area contributed by atoms with Gasteiger partial charge in [-0.25, -0.2) is 4.39 Å². The first-order valence-electron chi connectivity index (χ1n) is 21.1. The maximum absolute atomic E-state index is 14.9. The van der Waals surface area contributed by atoms with Crippen molar-refractivity contribution >= 4 is 23.4 Å². The number of rotatable bonds is 22. The van der Waals surface area contributed by atoms with E-state index in [1.807, 2.05) is 25.1 Å². The van der Waals surface area contributed by atoms with Gasteiger partial charge in [-0.05, 0) is 110 Å². The maximum Gasteiger partial charge on any atom is 0.269 e. The highest BCUT2D eigenvalue weighted by Crippen LogP contribution is 2.62. The van der Waals surface area contributed by atoms with Crippen LogP contribution in [0.1, 0.15) is 74.5 Å². The molecule has 13 heteroatoms. The van der Waals surface area contributed by atoms with Crippen LogP contribution in [0.3, 0.4) is 0 Å². The first-order valence-corrected chi connectivity index (χ1v) is 21.1. The molecule has 6 unspecified atom stereocenters. The van der Waals surface area contributed by atoms with E-state index in [9.17, 15) is 29.5 Å². The number of carbonyl (C=O) groups is 1. The fraction of sp³-hybridized carbons (Fsp3) is 0.417. The van der Waals surface area contributed by atoms with Gasteiger partial charge in [-0.1, -0.05) is 54.9 Å². The van der Waals surface area contributed by atoms with Gasteiger partial charge in [0.05, 0.1) is 23.2 Å². The lowest BCUT2D eigenvalue weighted by molar-refractivity contribution is -0.384. The van der Waals surface area contributed by atoms with Gasteiger partial charge in [0.2, 0.25) is 11.7 Å². The first kappa shape index (κ1) is 44.9. The number of non-ortho nitro benzene ring substituents is 1. The number of oxime groups is 1. The van der Waals surface area contributed by atoms with E-state index in [1.165, 1.54) is 30.3 Å². The Morgan fingerprint density at radius 2 is 1.74 bits per heavy atom. The van der Waals surface area contributed by atoms with Crippen LogP contribution in [-0.4, -0.2) is 76.5 Å². The van der Waals surface area contributed by atoms with Crippen LogP contribution in [-0.2, 0) is 20.9 Å². The van der Waals surface area contributed by atoms with Crippen molar-refractivity contribution < 1.29 is 43.4 Å². The van der Waals surface area contributed by atoms with Crippen LogP contribution >= 0.6 is 0 Å². The Balaban J connectivity index is 1.59. The van der Waals surface area contributed by atoms with Crippen LogP contribution in [0.4, 0.5) is 10.1 Å². The molecule has 0 radical (unpaired) electrons. The molecule has 0 aromatic heterocycles. The van der Waals surface area contributed by atoms with Crippen LogP contribution in [0.25, 0.3) is 6.08 Å². The third-order valence-corrected chi connectivity index (χ3v) is 11.8. The number of unbranched alkanes of at least 4 members (excludes halogenated alkanes) is 2. The minimum Gasteiger partial charge on any atom is -0.490 e. The molecule has 0 spiro atoms. The van der Waals surface area contributed by atoms with Gasteiger partial charge >= 0.3 is 0 Å². The van der Waals surface area contributed by atoms with E-state index in [2.05, 4.69) is 19.2 Å². The normalized spacial score (nSPS) is 23.3. The molecule has 0 saturated heterocycles. The Morgan fingerprint density at radius 3 is 2.41 bits per heavy atom. The van der Waals surface area contributed by atoms with Gasteiger partial charge in [-0.2, -0.15) is 0 Å². The van der Waals surface area contributed by atoms with Crippen LogP contribution in [0.15, 0.2) is 115 Å². The second kappa shape index (κ2) is 21.2. The number of nitro groups is 1. The number of fused-ring (bicyclic) bond motifs is 2. The van der Waals surface area contributed by atoms with E-state index in [1.54, 1.807) is 47.4 Å². The third kappa shape index (κ3) is 10.3. The molecule has 1 heterocycles. The number of nitro benzene ring substituents is 1. The predicted molar refractivity (Wildman–Crippen MR) is 231 cm³/mol. The fourth-order valence-electron chi connectivity index (χ4n) is 9.13. The first-order chi connectivity index (χ1) is 29.7. The number of allylic oxidation sites excluding steroid dienone is 1. The SMILES string of the molecule is C=CCOc1ccc2c(c1)C1C(CCCCO)C(CCCCO)C=C3C(=NOCC)CC(N(Cc4ccc(F)cc4)C(=O)C=Cc4ccc([N+](=O)[O-])cc4)C(OCC=C)(O2)C31. The van der Waals surface area contributed by atoms with Crippen molar-refractivity contribution in [2.75, 3.05) is 33.0 Å². The molecule has 6 rings (SSSR count). The topological polar surface area (TPSA) is 153 Å². The molecule has 0 bridgehead atoms. The summed E-state index contributed by atoms with van der Waals surface area (Å²) in [6.07, 6.45) is 13.2. The minimum atomic E-state index is -1.52. The molecule has 2 aliphatic carbocycles. The van der Waals surface area contributed by atoms with Crippen molar-refractivity contribution in [3.05, 3.63) is 142 Å². The number of amides is 1. The van der Waals surface area contributed by atoms with Crippen molar-refractivity contribution in [2.45, 2.75) is 76.2 Å². The molecule has 1 amide bonds. The quantitative estimate of drug-likeness (QED) is 0.0333. The molecular weight excluding hydrogens is 782 g/mol. The minimum absolute atomic E-state index is 0.0124. The van der Waals surface area contributed by atoms with Gasteiger partial charge in [0, 0.05) is 55.9 Å². The van der Waals surface area contributed by atoms with Crippen molar-refractivity contribution in [1.82, 2.24) is 4.90 Å². The zero-order valence-electron chi connectivity index (χ0n) is 34.7. The summed E-state index contributed by atoms with van der Waals surface area (Å²) < 4.78 is 34.7. The summed E-state index contributed by atoms with van der Waals surface area (Å²) in [6.45, 7) is 10.5. The highest BCUT2D eigenvalue weighted by molar-refractivity contribution is 6.03. The van der Waals surface area contributed by atoms with Crippen LogP contribution in [0.2, 0.25) is 0 Å². The van der Waals surface area contributed by atoms with Crippen molar-refractivity contribution in [2.24, 2.45) is 22.9 Å². The highest BCUT2D eigenvalue weighted by Gasteiger charge is 2.65. The molecule has 12 nitrogen and oxygen atoms in total. The van der Waals surface area contributed by atoms with Gasteiger partial charge in [0.25, 0.3) is 5.69 Å². The fourth-order valence-corrected chi connectivity index (χ4v) is 9.13. The molecule has 1 aliphatic heterocycles. The maximum atomic E-state index is 14.9. The second-order valence-corrected chi connectivity index (χ2v) is 15.6. The predicted octanol–water partition coefficient (Wildman–Crippen LogP) is 8.69. The van der Waals surface area contributed by atoms with Gasteiger partial charge < -0.3 is 34.2 Å². The number of aliphatic hydroxyl groups is 2. The van der Waals surface area contributed by atoms with E-state index >= 15 is 0 Å². The number of benzene rings is 3. The molecule has 2 N–H and O–H groups in total. The number of hydrogen-bond acceptors (Lipinski definition) is 10. The number of ether oxygens (including phenoxy) is 3. The lowest BCUT2D eigenvalue weighted by Gasteiger charge is -2.60. The Labute approximate surface area is 356 Å². The summed E-state index contributed by atoms with van der Waals surface area (Å²) in [5, 5.41) is 35.8. The summed E-state index contributed by atoms with van der Waals surface area (Å²) in [5.74, 6) is -1.87. The van der Waals surface area contributed by atoms with Gasteiger partial charge in [-0.15, -0.1) is 6.58 Å². The van der Waals surface area contributed by atoms with Crippen molar-refractivity contribution in [3.63, 3.8) is 0 Å². The van der Waals surface area contributed by atoms with Crippen molar-refractivity contribution in [1.29, 1.82) is 0 Å². The van der Waals surface area contributed by atoms with Gasteiger partial charge in [0.1, 0.15) is 36.6 Å². The average molecular weight is 838 g/mol. The lowest BCUT2D eigenvalue weighted by Crippen LogP contribution is -2.70. The molecular formula is C48H56FN3O9. The van der Waals surface area contributed by atoms with Gasteiger partial charge in [0.15, 0.2) is 0 Å². The Morgan fingerprint density at radius 1 is 1.02 bits per heavy atom. The zero-order valence-corrected chi connectivity index (χ0v) is 34.7.